The highest BCUT2D eigenvalue weighted by molar-refractivity contribution is 7.63. The molecule has 0 saturated carbocycles. The number of aliphatic hydroxyl groups excluding tert-OH is 2. The zero-order valence-electron chi connectivity index (χ0n) is 9.98. The molecule has 0 bridgehead atoms. The fraction of sp³-hybridized carbons (Fsp3) is 1.00. The molecule has 0 saturated heterocycles. The van der Waals surface area contributed by atoms with Crippen LogP contribution in [0.25, 0.3) is 0 Å². The van der Waals surface area contributed by atoms with Crippen LogP contribution in [0.4, 0.5) is 0 Å². The van der Waals surface area contributed by atoms with Gasteiger partial charge in [-0.15, -0.1) is 0 Å². The summed E-state index contributed by atoms with van der Waals surface area (Å²) >= 11 is 0. The van der Waals surface area contributed by atoms with E-state index in [4.69, 9.17) is 10.2 Å². The molecule has 1 atom stereocenters. The minimum atomic E-state index is -2.09. The van der Waals surface area contributed by atoms with E-state index in [1.807, 2.05) is 0 Å². The molecule has 0 aliphatic rings. The highest BCUT2D eigenvalue weighted by Gasteiger charge is 2.22. The van der Waals surface area contributed by atoms with E-state index < -0.39 is 7.14 Å². The van der Waals surface area contributed by atoms with E-state index in [1.54, 1.807) is 0 Å². The van der Waals surface area contributed by atoms with Crippen LogP contribution in [0.3, 0.4) is 0 Å². The monoisotopic (exact) mass is 236 g/mol. The lowest BCUT2D eigenvalue weighted by Gasteiger charge is -2.19. The average Bonchev–Trinajstić information content (AvgIpc) is 2.14. The third-order valence-corrected chi connectivity index (χ3v) is 6.05. The van der Waals surface area contributed by atoms with Gasteiger partial charge in [-0.05, 0) is 25.2 Å². The van der Waals surface area contributed by atoms with Gasteiger partial charge in [0.1, 0.15) is 0 Å². The molecule has 0 radical (unpaired) electrons. The Kier molecular flexibility index (Phi) is 8.40. The van der Waals surface area contributed by atoms with Gasteiger partial charge in [0.2, 0.25) is 0 Å². The first-order chi connectivity index (χ1) is 7.04. The minimum absolute atomic E-state index is 0.127. The quantitative estimate of drug-likeness (QED) is 0.476. The van der Waals surface area contributed by atoms with Crippen LogP contribution in [0.15, 0.2) is 0 Å². The Morgan fingerprint density at radius 3 is 2.00 bits per heavy atom. The lowest BCUT2D eigenvalue weighted by atomic mass is 10.3. The lowest BCUT2D eigenvalue weighted by Crippen LogP contribution is -2.07. The molecule has 0 fully saturated rings. The van der Waals surface area contributed by atoms with Crippen molar-refractivity contribution in [2.24, 2.45) is 5.92 Å². The summed E-state index contributed by atoms with van der Waals surface area (Å²) in [7, 11) is -2.09. The molecular weight excluding hydrogens is 211 g/mol. The Bertz CT molecular complexity index is 192. The maximum Gasteiger partial charge on any atom is 0.0881 e. The van der Waals surface area contributed by atoms with E-state index in [0.29, 0.717) is 18.5 Å². The van der Waals surface area contributed by atoms with Crippen LogP contribution >= 0.6 is 7.14 Å². The van der Waals surface area contributed by atoms with Gasteiger partial charge in [-0.2, -0.15) is 0 Å². The van der Waals surface area contributed by atoms with Gasteiger partial charge in [-0.1, -0.05) is 13.8 Å². The van der Waals surface area contributed by atoms with E-state index >= 15 is 0 Å². The van der Waals surface area contributed by atoms with Crippen molar-refractivity contribution in [1.29, 1.82) is 0 Å². The Hall–Kier alpha value is 0.150. The summed E-state index contributed by atoms with van der Waals surface area (Å²) in [6.07, 6.45) is 4.38. The summed E-state index contributed by atoms with van der Waals surface area (Å²) in [5, 5.41) is 17.5. The SMILES string of the molecule is CC(C)CP(=O)(CCCO)CCCCO. The maximum absolute atomic E-state index is 12.5. The predicted molar refractivity (Wildman–Crippen MR) is 65.1 cm³/mol. The zero-order valence-corrected chi connectivity index (χ0v) is 10.9. The van der Waals surface area contributed by atoms with E-state index in [9.17, 15) is 4.57 Å². The van der Waals surface area contributed by atoms with E-state index in [0.717, 1.165) is 25.2 Å². The van der Waals surface area contributed by atoms with E-state index in [1.165, 1.54) is 0 Å². The summed E-state index contributed by atoms with van der Waals surface area (Å²) in [4.78, 5) is 0. The van der Waals surface area contributed by atoms with Gasteiger partial charge in [0.05, 0.1) is 7.14 Å². The van der Waals surface area contributed by atoms with Crippen molar-refractivity contribution in [3.63, 3.8) is 0 Å². The fourth-order valence-electron chi connectivity index (χ4n) is 1.83. The number of rotatable bonds is 9. The van der Waals surface area contributed by atoms with Crippen LogP contribution in [0.5, 0.6) is 0 Å². The van der Waals surface area contributed by atoms with Gasteiger partial charge in [0.15, 0.2) is 0 Å². The van der Waals surface area contributed by atoms with Crippen molar-refractivity contribution in [1.82, 2.24) is 0 Å². The van der Waals surface area contributed by atoms with Crippen LogP contribution in [-0.4, -0.2) is 41.9 Å². The van der Waals surface area contributed by atoms with Gasteiger partial charge in [-0.25, -0.2) is 0 Å². The third kappa shape index (κ3) is 8.01. The molecule has 1 unspecified atom stereocenters. The van der Waals surface area contributed by atoms with Gasteiger partial charge in [0.25, 0.3) is 0 Å². The molecule has 0 rings (SSSR count). The van der Waals surface area contributed by atoms with Crippen molar-refractivity contribution in [2.75, 3.05) is 31.7 Å². The fourth-order valence-corrected chi connectivity index (χ4v) is 5.27. The smallest absolute Gasteiger partial charge is 0.0881 e. The summed E-state index contributed by atoms with van der Waals surface area (Å²) in [6, 6.07) is 0. The second kappa shape index (κ2) is 8.32. The largest absolute Gasteiger partial charge is 0.396 e. The van der Waals surface area contributed by atoms with Crippen molar-refractivity contribution >= 4 is 7.14 Å². The van der Waals surface area contributed by atoms with Crippen LogP contribution in [0.2, 0.25) is 0 Å². The molecule has 15 heavy (non-hydrogen) atoms. The number of unbranched alkanes of at least 4 members (excludes halogenated alkanes) is 1. The van der Waals surface area contributed by atoms with Gasteiger partial charge >= 0.3 is 0 Å². The predicted octanol–water partition coefficient (Wildman–Crippen LogP) is 2.16. The van der Waals surface area contributed by atoms with Crippen molar-refractivity contribution < 1.29 is 14.8 Å². The molecule has 0 aliphatic carbocycles. The molecule has 0 spiro atoms. The molecule has 2 N–H and O–H groups in total. The Morgan fingerprint density at radius 1 is 1.00 bits per heavy atom. The maximum atomic E-state index is 12.5. The van der Waals surface area contributed by atoms with Gasteiger partial charge in [-0.3, -0.25) is 0 Å². The molecule has 4 heteroatoms. The summed E-state index contributed by atoms with van der Waals surface area (Å²) in [5.74, 6) is 0.448. The molecule has 0 aromatic carbocycles. The first-order valence-electron chi connectivity index (χ1n) is 5.83. The average molecular weight is 236 g/mol. The molecule has 92 valence electrons. The molecule has 3 nitrogen and oxygen atoms in total. The minimum Gasteiger partial charge on any atom is -0.396 e. The molecule has 0 aliphatic heterocycles. The molecule has 0 amide bonds. The normalized spacial score (nSPS) is 15.5. The van der Waals surface area contributed by atoms with Crippen LogP contribution in [-0.2, 0) is 4.57 Å². The first-order valence-corrected chi connectivity index (χ1v) is 8.09. The van der Waals surface area contributed by atoms with Gasteiger partial charge < -0.3 is 14.8 Å². The van der Waals surface area contributed by atoms with Crippen molar-refractivity contribution in [2.45, 2.75) is 33.1 Å². The second-order valence-corrected chi connectivity index (χ2v) is 7.97. The summed E-state index contributed by atoms with van der Waals surface area (Å²) in [6.45, 7) is 4.47. The van der Waals surface area contributed by atoms with Crippen molar-refractivity contribution in [3.05, 3.63) is 0 Å². The Balaban J connectivity index is 4.08. The molecular formula is C11H25O3P. The molecule has 0 aromatic heterocycles. The molecule has 0 heterocycles. The van der Waals surface area contributed by atoms with Crippen LogP contribution < -0.4 is 0 Å². The molecule has 0 aromatic rings. The van der Waals surface area contributed by atoms with Crippen molar-refractivity contribution in [3.8, 4) is 0 Å². The number of hydrogen-bond donors (Lipinski definition) is 2. The van der Waals surface area contributed by atoms with Gasteiger partial charge in [0, 0.05) is 31.7 Å². The summed E-state index contributed by atoms with van der Waals surface area (Å²) < 4.78 is 12.5. The highest BCUT2D eigenvalue weighted by atomic mass is 31.2. The van der Waals surface area contributed by atoms with E-state index in [-0.39, 0.29) is 13.2 Å². The third-order valence-electron chi connectivity index (χ3n) is 2.40. The first kappa shape index (κ1) is 15.2. The standard InChI is InChI=1S/C11H25O3P/c1-11(2)10-15(14,9-5-7-13)8-4-3-6-12/h11-13H,3-10H2,1-2H3. The lowest BCUT2D eigenvalue weighted by molar-refractivity contribution is 0.286. The van der Waals surface area contributed by atoms with Crippen LogP contribution in [0, 0.1) is 5.92 Å². The zero-order chi connectivity index (χ0) is 11.7. The summed E-state index contributed by atoms with van der Waals surface area (Å²) in [5.41, 5.74) is 0. The topological polar surface area (TPSA) is 57.5 Å². The second-order valence-electron chi connectivity index (χ2n) is 4.59. The highest BCUT2D eigenvalue weighted by Crippen LogP contribution is 2.48. The Morgan fingerprint density at radius 2 is 1.53 bits per heavy atom. The Labute approximate surface area is 93.3 Å². The van der Waals surface area contributed by atoms with E-state index in [2.05, 4.69) is 13.8 Å². The number of hydrogen-bond acceptors (Lipinski definition) is 3. The number of aliphatic hydroxyl groups is 2. The van der Waals surface area contributed by atoms with Crippen LogP contribution in [0.1, 0.15) is 33.1 Å².